The number of anilines is 1. The van der Waals surface area contributed by atoms with Crippen LogP contribution in [0.25, 0.3) is 22.1 Å². The first-order valence-corrected chi connectivity index (χ1v) is 12.9. The maximum atomic E-state index is 14.6. The second-order valence-electron chi connectivity index (χ2n) is 9.26. The van der Waals surface area contributed by atoms with E-state index in [1.54, 1.807) is 23.1 Å². The molecule has 2 aromatic carbocycles. The molecule has 34 heavy (non-hydrogen) atoms. The van der Waals surface area contributed by atoms with Crippen LogP contribution in [0.4, 0.5) is 19.4 Å². The average molecular weight is 489 g/mol. The Hall–Kier alpha value is -3.05. The van der Waals surface area contributed by atoms with Crippen LogP contribution in [-0.2, 0) is 10.0 Å². The van der Waals surface area contributed by atoms with Crippen molar-refractivity contribution >= 4 is 32.8 Å². The van der Waals surface area contributed by atoms with Crippen LogP contribution in [0.2, 0.25) is 0 Å². The monoisotopic (exact) mass is 488 g/mol. The summed E-state index contributed by atoms with van der Waals surface area (Å²) in [6, 6.07) is 7.56. The van der Waals surface area contributed by atoms with Crippen molar-refractivity contribution in [2.24, 2.45) is 5.92 Å². The van der Waals surface area contributed by atoms with Gasteiger partial charge in [0.05, 0.1) is 22.7 Å². The minimum Gasteiger partial charge on any atom is -0.354 e. The summed E-state index contributed by atoms with van der Waals surface area (Å²) in [5, 5.41) is 4.42. The average Bonchev–Trinajstić information content (AvgIpc) is 3.21. The lowest BCUT2D eigenvalue weighted by Gasteiger charge is -2.18. The number of hydrogen-bond acceptors (Lipinski definition) is 5. The fourth-order valence-corrected chi connectivity index (χ4v) is 6.78. The van der Waals surface area contributed by atoms with Crippen molar-refractivity contribution in [1.82, 2.24) is 14.8 Å². The molecular weight excluding hydrogens is 466 g/mol. The number of nitrogens with zero attached hydrogens (tertiary/aromatic N) is 3. The number of amides is 2. The molecule has 0 unspecified atom stereocenters. The number of fused-ring (bicyclic) bond motifs is 2. The van der Waals surface area contributed by atoms with Crippen molar-refractivity contribution in [1.29, 1.82) is 0 Å². The number of carbonyl (C=O) groups excluding carboxylic acids is 1. The predicted octanol–water partition coefficient (Wildman–Crippen LogP) is 3.49. The molecule has 3 fully saturated rings. The topological polar surface area (TPSA) is 95.7 Å². The zero-order valence-electron chi connectivity index (χ0n) is 18.1. The van der Waals surface area contributed by atoms with Crippen molar-refractivity contribution in [3.05, 3.63) is 48.0 Å². The number of nitrogens with one attached hydrogen (secondary N) is 1. The maximum absolute atomic E-state index is 14.6. The van der Waals surface area contributed by atoms with Gasteiger partial charge in [-0.05, 0) is 43.4 Å². The summed E-state index contributed by atoms with van der Waals surface area (Å²) in [6.07, 6.45) is 2.37. The van der Waals surface area contributed by atoms with Crippen LogP contribution in [0.1, 0.15) is 19.3 Å². The zero-order valence-corrected chi connectivity index (χ0v) is 18.9. The number of benzene rings is 2. The smallest absolute Gasteiger partial charge is 0.326 e. The molecule has 8 nitrogen and oxygen atoms in total. The predicted molar refractivity (Wildman–Crippen MR) is 121 cm³/mol. The Balaban J connectivity index is 1.28. The van der Waals surface area contributed by atoms with Crippen LogP contribution in [-0.4, -0.2) is 55.4 Å². The van der Waals surface area contributed by atoms with Gasteiger partial charge >= 0.3 is 6.03 Å². The molecule has 2 amide bonds. The second-order valence-corrected chi connectivity index (χ2v) is 11.1. The van der Waals surface area contributed by atoms with Crippen LogP contribution >= 0.6 is 0 Å². The summed E-state index contributed by atoms with van der Waals surface area (Å²) in [5.74, 6) is -0.888. The lowest BCUT2D eigenvalue weighted by Crippen LogP contribution is -2.41. The van der Waals surface area contributed by atoms with E-state index in [0.29, 0.717) is 17.4 Å². The van der Waals surface area contributed by atoms with E-state index in [1.165, 1.54) is 23.1 Å². The van der Waals surface area contributed by atoms with E-state index < -0.39 is 21.7 Å². The molecule has 6 rings (SSSR count). The minimum absolute atomic E-state index is 0.133. The van der Waals surface area contributed by atoms with Crippen molar-refractivity contribution in [2.75, 3.05) is 23.7 Å². The van der Waals surface area contributed by atoms with Crippen molar-refractivity contribution < 1.29 is 26.5 Å². The largest absolute Gasteiger partial charge is 0.354 e. The SMILES string of the molecule is O=C1N(c2noc3cccc(-c4c(F)cccc4F)c23)C[C@@H]2C[C@H](NS(=O)(=O)CC3CC3)CN12. The summed E-state index contributed by atoms with van der Waals surface area (Å²) in [5.41, 5.74) is 0.338. The van der Waals surface area contributed by atoms with Crippen molar-refractivity contribution in [2.45, 2.75) is 31.3 Å². The molecule has 3 aromatic rings. The van der Waals surface area contributed by atoms with Gasteiger partial charge in [0.25, 0.3) is 0 Å². The standard InChI is InChI=1S/C23H22F2N4O4S/c24-17-4-2-5-18(25)20(17)16-3-1-6-19-21(16)22(26-33-19)29-11-15-9-14(10-28(15)23(29)30)27-34(31,32)12-13-7-8-13/h1-6,13-15,27H,7-12H2/t14-,15-/m0/s1. The molecule has 11 heteroatoms. The van der Waals surface area contributed by atoms with Gasteiger partial charge < -0.3 is 9.42 Å². The molecule has 3 aliphatic rings. The lowest BCUT2D eigenvalue weighted by molar-refractivity contribution is 0.218. The molecule has 1 aromatic heterocycles. The minimum atomic E-state index is -3.38. The third-order valence-corrected chi connectivity index (χ3v) is 8.35. The number of carbonyl (C=O) groups is 1. The molecule has 2 atom stereocenters. The Morgan fingerprint density at radius 1 is 1.09 bits per heavy atom. The molecule has 3 heterocycles. The summed E-state index contributed by atoms with van der Waals surface area (Å²) in [4.78, 5) is 16.3. The first kappa shape index (κ1) is 21.5. The fraction of sp³-hybridized carbons (Fsp3) is 0.391. The molecule has 0 radical (unpaired) electrons. The highest BCUT2D eigenvalue weighted by molar-refractivity contribution is 7.89. The van der Waals surface area contributed by atoms with Crippen molar-refractivity contribution in [3.8, 4) is 11.1 Å². The quantitative estimate of drug-likeness (QED) is 0.573. The molecule has 0 bridgehead atoms. The summed E-state index contributed by atoms with van der Waals surface area (Å²) in [6.45, 7) is 0.532. The van der Waals surface area contributed by atoms with Crippen LogP contribution in [0.15, 0.2) is 40.9 Å². The molecule has 1 N–H and O–H groups in total. The second kappa shape index (κ2) is 7.74. The highest BCUT2D eigenvalue weighted by Gasteiger charge is 2.47. The van der Waals surface area contributed by atoms with Crippen LogP contribution < -0.4 is 9.62 Å². The molecule has 2 aliphatic heterocycles. The zero-order chi connectivity index (χ0) is 23.6. The van der Waals surface area contributed by atoms with Gasteiger partial charge in [-0.3, -0.25) is 4.90 Å². The van der Waals surface area contributed by atoms with Crippen LogP contribution in [0.5, 0.6) is 0 Å². The lowest BCUT2D eigenvalue weighted by atomic mass is 10.00. The van der Waals surface area contributed by atoms with Crippen LogP contribution in [0.3, 0.4) is 0 Å². The first-order valence-electron chi connectivity index (χ1n) is 11.2. The van der Waals surface area contributed by atoms with Gasteiger partial charge in [0.2, 0.25) is 10.0 Å². The van der Waals surface area contributed by atoms with Gasteiger partial charge in [-0.25, -0.2) is 26.7 Å². The maximum Gasteiger partial charge on any atom is 0.326 e. The van der Waals surface area contributed by atoms with E-state index >= 15 is 0 Å². The molecule has 2 saturated heterocycles. The molecule has 178 valence electrons. The number of hydrogen-bond donors (Lipinski definition) is 1. The van der Waals surface area contributed by atoms with Gasteiger partial charge in [-0.2, -0.15) is 0 Å². The van der Waals surface area contributed by atoms with Crippen molar-refractivity contribution in [3.63, 3.8) is 0 Å². The van der Waals surface area contributed by atoms with E-state index in [0.717, 1.165) is 12.8 Å². The Kier molecular flexibility index (Phi) is 4.89. The third-order valence-electron chi connectivity index (χ3n) is 6.75. The van der Waals surface area contributed by atoms with Gasteiger partial charge in [0.15, 0.2) is 11.4 Å². The van der Waals surface area contributed by atoms with E-state index in [9.17, 15) is 22.0 Å². The summed E-state index contributed by atoms with van der Waals surface area (Å²) in [7, 11) is -3.38. The number of urea groups is 1. The number of sulfonamides is 1. The van der Waals surface area contributed by atoms with Gasteiger partial charge in [-0.1, -0.05) is 23.4 Å². The van der Waals surface area contributed by atoms with E-state index in [2.05, 4.69) is 9.88 Å². The summed E-state index contributed by atoms with van der Waals surface area (Å²) < 4.78 is 62.0. The molecular formula is C23H22F2N4O4S. The molecule has 1 aliphatic carbocycles. The van der Waals surface area contributed by atoms with Gasteiger partial charge in [-0.15, -0.1) is 0 Å². The highest BCUT2D eigenvalue weighted by Crippen LogP contribution is 2.40. The first-order chi connectivity index (χ1) is 16.3. The number of halogens is 2. The highest BCUT2D eigenvalue weighted by atomic mass is 32.2. The van der Waals surface area contributed by atoms with E-state index in [-0.39, 0.29) is 59.8 Å². The normalized spacial score (nSPS) is 22.7. The van der Waals surface area contributed by atoms with Gasteiger partial charge in [0, 0.05) is 24.7 Å². The third kappa shape index (κ3) is 3.63. The Labute approximate surface area is 194 Å². The number of aromatic nitrogens is 1. The van der Waals surface area contributed by atoms with Gasteiger partial charge in [0.1, 0.15) is 11.6 Å². The van der Waals surface area contributed by atoms with E-state index in [1.807, 2.05) is 0 Å². The Morgan fingerprint density at radius 3 is 2.53 bits per heavy atom. The molecule has 0 spiro atoms. The summed E-state index contributed by atoms with van der Waals surface area (Å²) >= 11 is 0. The van der Waals surface area contributed by atoms with Crippen LogP contribution in [0, 0.1) is 17.6 Å². The fourth-order valence-electron chi connectivity index (χ4n) is 5.05. The molecule has 1 saturated carbocycles. The Morgan fingerprint density at radius 2 is 1.82 bits per heavy atom. The van der Waals surface area contributed by atoms with E-state index in [4.69, 9.17) is 4.52 Å². The Bertz CT molecular complexity index is 1380. The number of rotatable bonds is 6.